The fraction of sp³-hybridized carbons (Fsp3) is 0.484. The standard InChI is InChI=1S/C31H39FO6/c1-2-30(33)38-26-17-18-28(29(32)21-26)24-13-15-25(16-14-24)35-19-11-9-7-5-3-4-6-8-10-12-20-36-27-22-31(34)37-23-27/h2,13-18,21,27H,1,3-12,19-20,22-23H2. The first kappa shape index (κ1) is 29.4. The summed E-state index contributed by atoms with van der Waals surface area (Å²) < 4.78 is 35.8. The summed E-state index contributed by atoms with van der Waals surface area (Å²) in [6, 6.07) is 11.7. The van der Waals surface area contributed by atoms with Crippen molar-refractivity contribution in [3.05, 3.63) is 60.9 Å². The number of rotatable bonds is 18. The first-order valence-corrected chi connectivity index (χ1v) is 13.7. The molecule has 38 heavy (non-hydrogen) atoms. The first-order chi connectivity index (χ1) is 18.5. The number of carbonyl (C=O) groups is 2. The number of hydrogen-bond acceptors (Lipinski definition) is 6. The Hall–Kier alpha value is -3.19. The van der Waals surface area contributed by atoms with Gasteiger partial charge in [0.05, 0.1) is 13.0 Å². The molecule has 0 aromatic heterocycles. The molecule has 0 radical (unpaired) electrons. The van der Waals surface area contributed by atoms with Crippen molar-refractivity contribution in [3.8, 4) is 22.6 Å². The number of ether oxygens (including phenoxy) is 4. The summed E-state index contributed by atoms with van der Waals surface area (Å²) in [4.78, 5) is 22.3. The predicted octanol–water partition coefficient (Wildman–Crippen LogP) is 7.20. The molecule has 0 aliphatic carbocycles. The van der Waals surface area contributed by atoms with E-state index >= 15 is 0 Å². The van der Waals surface area contributed by atoms with Crippen LogP contribution in [-0.2, 0) is 19.1 Å². The summed E-state index contributed by atoms with van der Waals surface area (Å²) in [6.45, 7) is 5.13. The van der Waals surface area contributed by atoms with Crippen LogP contribution in [0.4, 0.5) is 4.39 Å². The number of unbranched alkanes of at least 4 members (excludes halogenated alkanes) is 9. The van der Waals surface area contributed by atoms with Gasteiger partial charge in [0.2, 0.25) is 0 Å². The SMILES string of the molecule is C=CC(=O)Oc1ccc(-c2ccc(OCCCCCCCCCCCCOC3COC(=O)C3)cc2)c(F)c1. The Morgan fingerprint density at radius 2 is 1.50 bits per heavy atom. The van der Waals surface area contributed by atoms with Crippen LogP contribution >= 0.6 is 0 Å². The smallest absolute Gasteiger partial charge is 0.335 e. The summed E-state index contributed by atoms with van der Waals surface area (Å²) in [5, 5.41) is 0. The van der Waals surface area contributed by atoms with Gasteiger partial charge in [-0.2, -0.15) is 0 Å². The Bertz CT molecular complexity index is 1020. The van der Waals surface area contributed by atoms with E-state index in [2.05, 4.69) is 6.58 Å². The summed E-state index contributed by atoms with van der Waals surface area (Å²) in [6.07, 6.45) is 13.3. The lowest BCUT2D eigenvalue weighted by molar-refractivity contribution is -0.138. The summed E-state index contributed by atoms with van der Waals surface area (Å²) in [5.74, 6) is -0.332. The molecule has 1 saturated heterocycles. The van der Waals surface area contributed by atoms with Crippen LogP contribution in [0.3, 0.4) is 0 Å². The molecule has 6 nitrogen and oxygen atoms in total. The molecule has 1 fully saturated rings. The van der Waals surface area contributed by atoms with Crippen LogP contribution in [0.15, 0.2) is 55.1 Å². The van der Waals surface area contributed by atoms with E-state index in [1.165, 1.54) is 51.0 Å². The Labute approximate surface area is 225 Å². The lowest BCUT2D eigenvalue weighted by Crippen LogP contribution is -2.13. The number of hydrogen-bond donors (Lipinski definition) is 0. The monoisotopic (exact) mass is 526 g/mol. The maximum atomic E-state index is 14.5. The predicted molar refractivity (Wildman–Crippen MR) is 145 cm³/mol. The number of cyclic esters (lactones) is 1. The number of carbonyl (C=O) groups excluding carboxylic acids is 2. The third-order valence-corrected chi connectivity index (χ3v) is 6.48. The van der Waals surface area contributed by atoms with Gasteiger partial charge in [-0.25, -0.2) is 9.18 Å². The summed E-state index contributed by atoms with van der Waals surface area (Å²) >= 11 is 0. The fourth-order valence-electron chi connectivity index (χ4n) is 4.34. The molecule has 1 aliphatic rings. The van der Waals surface area contributed by atoms with Gasteiger partial charge >= 0.3 is 11.9 Å². The van der Waals surface area contributed by atoms with E-state index < -0.39 is 11.8 Å². The fourth-order valence-corrected chi connectivity index (χ4v) is 4.34. The van der Waals surface area contributed by atoms with E-state index in [-0.39, 0.29) is 17.8 Å². The third kappa shape index (κ3) is 10.7. The zero-order valence-electron chi connectivity index (χ0n) is 22.1. The number of benzene rings is 2. The third-order valence-electron chi connectivity index (χ3n) is 6.48. The van der Waals surface area contributed by atoms with Crippen molar-refractivity contribution >= 4 is 11.9 Å². The molecule has 0 N–H and O–H groups in total. The maximum Gasteiger partial charge on any atom is 0.335 e. The highest BCUT2D eigenvalue weighted by Crippen LogP contribution is 2.28. The first-order valence-electron chi connectivity index (χ1n) is 13.7. The van der Waals surface area contributed by atoms with Crippen LogP contribution in [0.25, 0.3) is 11.1 Å². The quantitative estimate of drug-likeness (QED) is 0.0886. The maximum absolute atomic E-state index is 14.5. The second-order valence-corrected chi connectivity index (χ2v) is 9.56. The Morgan fingerprint density at radius 3 is 2.08 bits per heavy atom. The van der Waals surface area contributed by atoms with Crippen molar-refractivity contribution in [2.75, 3.05) is 19.8 Å². The summed E-state index contributed by atoms with van der Waals surface area (Å²) in [7, 11) is 0. The van der Waals surface area contributed by atoms with E-state index in [9.17, 15) is 14.0 Å². The molecule has 0 amide bonds. The molecule has 1 unspecified atom stereocenters. The summed E-state index contributed by atoms with van der Waals surface area (Å²) in [5.41, 5.74) is 1.15. The molecule has 1 atom stereocenters. The van der Waals surface area contributed by atoms with E-state index in [0.717, 1.165) is 43.3 Å². The van der Waals surface area contributed by atoms with E-state index in [1.807, 2.05) is 24.3 Å². The minimum atomic E-state index is -0.625. The van der Waals surface area contributed by atoms with Crippen molar-refractivity contribution in [2.24, 2.45) is 0 Å². The zero-order chi connectivity index (χ0) is 27.0. The average molecular weight is 527 g/mol. The van der Waals surface area contributed by atoms with Crippen LogP contribution in [-0.4, -0.2) is 37.9 Å². The topological polar surface area (TPSA) is 71.1 Å². The van der Waals surface area contributed by atoms with Gasteiger partial charge < -0.3 is 18.9 Å². The van der Waals surface area contributed by atoms with Gasteiger partial charge in [-0.05, 0) is 42.7 Å². The lowest BCUT2D eigenvalue weighted by atomic mass is 10.0. The van der Waals surface area contributed by atoms with Gasteiger partial charge in [0, 0.05) is 24.3 Å². The van der Waals surface area contributed by atoms with Crippen LogP contribution in [0.2, 0.25) is 0 Å². The normalized spacial score (nSPS) is 14.8. The van der Waals surface area contributed by atoms with Gasteiger partial charge in [0.1, 0.15) is 30.0 Å². The molecular weight excluding hydrogens is 487 g/mol. The molecule has 1 heterocycles. The molecular formula is C31H39FO6. The molecule has 7 heteroatoms. The van der Waals surface area contributed by atoms with Gasteiger partial charge in [0.15, 0.2) is 0 Å². The van der Waals surface area contributed by atoms with Crippen molar-refractivity contribution < 1.29 is 32.9 Å². The van der Waals surface area contributed by atoms with Crippen molar-refractivity contribution in [1.82, 2.24) is 0 Å². The van der Waals surface area contributed by atoms with Crippen molar-refractivity contribution in [1.29, 1.82) is 0 Å². The molecule has 2 aromatic rings. The molecule has 0 saturated carbocycles. The highest BCUT2D eigenvalue weighted by Gasteiger charge is 2.23. The molecule has 1 aliphatic heterocycles. The van der Waals surface area contributed by atoms with Crippen LogP contribution in [0.1, 0.15) is 70.6 Å². The van der Waals surface area contributed by atoms with Crippen molar-refractivity contribution in [3.63, 3.8) is 0 Å². The molecule has 0 bridgehead atoms. The Morgan fingerprint density at radius 1 is 0.895 bits per heavy atom. The van der Waals surface area contributed by atoms with Gasteiger partial charge in [-0.3, -0.25) is 4.79 Å². The zero-order valence-corrected chi connectivity index (χ0v) is 22.1. The second kappa shape index (κ2) is 16.6. The Kier molecular flexibility index (Phi) is 12.8. The minimum Gasteiger partial charge on any atom is -0.494 e. The molecule has 0 spiro atoms. The van der Waals surface area contributed by atoms with E-state index in [4.69, 9.17) is 18.9 Å². The Balaban J connectivity index is 1.17. The molecule has 206 valence electrons. The van der Waals surface area contributed by atoms with Crippen LogP contribution in [0.5, 0.6) is 11.5 Å². The highest BCUT2D eigenvalue weighted by atomic mass is 19.1. The lowest BCUT2D eigenvalue weighted by Gasteiger charge is -2.09. The van der Waals surface area contributed by atoms with Crippen LogP contribution in [0, 0.1) is 5.82 Å². The van der Waals surface area contributed by atoms with E-state index in [0.29, 0.717) is 25.2 Å². The number of halogens is 1. The average Bonchev–Trinajstić information content (AvgIpc) is 3.34. The van der Waals surface area contributed by atoms with Gasteiger partial charge in [-0.15, -0.1) is 0 Å². The van der Waals surface area contributed by atoms with Gasteiger partial charge in [-0.1, -0.05) is 70.1 Å². The largest absolute Gasteiger partial charge is 0.494 e. The van der Waals surface area contributed by atoms with Crippen molar-refractivity contribution in [2.45, 2.75) is 76.7 Å². The van der Waals surface area contributed by atoms with E-state index in [1.54, 1.807) is 12.1 Å². The number of esters is 2. The highest BCUT2D eigenvalue weighted by molar-refractivity contribution is 5.83. The minimum absolute atomic E-state index is 0.0347. The van der Waals surface area contributed by atoms with Crippen LogP contribution < -0.4 is 9.47 Å². The van der Waals surface area contributed by atoms with Gasteiger partial charge in [0.25, 0.3) is 0 Å². The molecule has 3 rings (SSSR count). The molecule has 2 aromatic carbocycles. The second-order valence-electron chi connectivity index (χ2n) is 9.56.